The van der Waals surface area contributed by atoms with Crippen LogP contribution in [-0.4, -0.2) is 59.6 Å². The molecular formula is C21H25N7O3. The number of carbonyl (C=O) groups excluding carboxylic acids is 2. The zero-order valence-electron chi connectivity index (χ0n) is 17.5. The number of H-pyrrole nitrogens is 1. The Morgan fingerprint density at radius 3 is 2.71 bits per heavy atom. The van der Waals surface area contributed by atoms with Crippen LogP contribution in [0.2, 0.25) is 0 Å². The number of aromatic amines is 1. The van der Waals surface area contributed by atoms with E-state index in [1.807, 2.05) is 36.9 Å². The van der Waals surface area contributed by atoms with Gasteiger partial charge in [0.2, 0.25) is 11.9 Å². The van der Waals surface area contributed by atoms with Crippen molar-refractivity contribution in [3.05, 3.63) is 41.2 Å². The molecule has 0 spiro atoms. The van der Waals surface area contributed by atoms with Crippen LogP contribution < -0.4 is 21.3 Å². The van der Waals surface area contributed by atoms with E-state index in [2.05, 4.69) is 25.6 Å². The number of rotatable bonds is 6. The first kappa shape index (κ1) is 20.6. The fraction of sp³-hybridized carbons (Fsp3) is 0.333. The molecule has 3 heterocycles. The number of nitrogens with zero attached hydrogens (tertiary/aromatic N) is 3. The number of anilines is 3. The van der Waals surface area contributed by atoms with Gasteiger partial charge in [0.15, 0.2) is 0 Å². The second-order valence-corrected chi connectivity index (χ2v) is 7.45. The van der Waals surface area contributed by atoms with Gasteiger partial charge in [0.25, 0.3) is 5.91 Å². The van der Waals surface area contributed by atoms with Crippen LogP contribution in [0.25, 0.3) is 10.9 Å². The summed E-state index contributed by atoms with van der Waals surface area (Å²) < 4.78 is 5.38. The monoisotopic (exact) mass is 423 g/mol. The highest BCUT2D eigenvalue weighted by molar-refractivity contribution is 6.04. The van der Waals surface area contributed by atoms with Gasteiger partial charge >= 0.3 is 0 Å². The molecule has 0 saturated carbocycles. The van der Waals surface area contributed by atoms with E-state index < -0.39 is 5.91 Å². The normalized spacial score (nSPS) is 13.9. The maximum atomic E-state index is 13.0. The maximum Gasteiger partial charge on any atom is 0.274 e. The van der Waals surface area contributed by atoms with Gasteiger partial charge in [0.05, 0.1) is 19.8 Å². The SMILES string of the molecule is Cc1[nH]c2ccc(NC(=O)c3cc(NCC(N)=O)nc(N4CCOCC4)n3)cc2c1C. The molecule has 10 heteroatoms. The Morgan fingerprint density at radius 1 is 1.19 bits per heavy atom. The van der Waals surface area contributed by atoms with Crippen molar-refractivity contribution in [1.29, 1.82) is 0 Å². The third kappa shape index (κ3) is 4.58. The molecular weight excluding hydrogens is 398 g/mol. The first-order valence-corrected chi connectivity index (χ1v) is 10.0. The lowest BCUT2D eigenvalue weighted by Gasteiger charge is -2.27. The summed E-state index contributed by atoms with van der Waals surface area (Å²) in [7, 11) is 0. The molecule has 3 aromatic rings. The van der Waals surface area contributed by atoms with Crippen molar-refractivity contribution in [2.75, 3.05) is 48.4 Å². The molecule has 0 radical (unpaired) electrons. The molecule has 2 amide bonds. The molecule has 31 heavy (non-hydrogen) atoms. The lowest BCUT2D eigenvalue weighted by molar-refractivity contribution is -0.116. The Balaban J connectivity index is 1.61. The number of primary amides is 1. The van der Waals surface area contributed by atoms with E-state index in [-0.39, 0.29) is 18.1 Å². The zero-order chi connectivity index (χ0) is 22.0. The van der Waals surface area contributed by atoms with E-state index in [1.165, 1.54) is 6.07 Å². The van der Waals surface area contributed by atoms with Crippen molar-refractivity contribution >= 4 is 40.2 Å². The number of nitrogens with two attached hydrogens (primary N) is 1. The summed E-state index contributed by atoms with van der Waals surface area (Å²) in [6.07, 6.45) is 0. The fourth-order valence-corrected chi connectivity index (χ4v) is 3.46. The molecule has 1 aliphatic heterocycles. The van der Waals surface area contributed by atoms with Crippen LogP contribution in [0, 0.1) is 13.8 Å². The van der Waals surface area contributed by atoms with Gasteiger partial charge in [-0.15, -0.1) is 0 Å². The van der Waals surface area contributed by atoms with Crippen molar-refractivity contribution in [3.8, 4) is 0 Å². The summed E-state index contributed by atoms with van der Waals surface area (Å²) in [5.74, 6) is -0.144. The van der Waals surface area contributed by atoms with Crippen LogP contribution in [-0.2, 0) is 9.53 Å². The average molecular weight is 423 g/mol. The predicted molar refractivity (Wildman–Crippen MR) is 118 cm³/mol. The van der Waals surface area contributed by atoms with Gasteiger partial charge in [0, 0.05) is 41.4 Å². The second kappa shape index (κ2) is 8.60. The van der Waals surface area contributed by atoms with Crippen molar-refractivity contribution in [2.45, 2.75) is 13.8 Å². The largest absolute Gasteiger partial charge is 0.378 e. The van der Waals surface area contributed by atoms with Crippen LogP contribution in [0.5, 0.6) is 0 Å². The van der Waals surface area contributed by atoms with Crippen LogP contribution in [0.15, 0.2) is 24.3 Å². The van der Waals surface area contributed by atoms with Gasteiger partial charge in [-0.25, -0.2) is 4.98 Å². The Hall–Kier alpha value is -3.66. The number of fused-ring (bicyclic) bond motifs is 1. The number of morpholine rings is 1. The van der Waals surface area contributed by atoms with E-state index >= 15 is 0 Å². The minimum Gasteiger partial charge on any atom is -0.378 e. The van der Waals surface area contributed by atoms with E-state index in [9.17, 15) is 9.59 Å². The minimum absolute atomic E-state index is 0.0938. The smallest absolute Gasteiger partial charge is 0.274 e. The van der Waals surface area contributed by atoms with Gasteiger partial charge in [-0.2, -0.15) is 4.98 Å². The highest BCUT2D eigenvalue weighted by Crippen LogP contribution is 2.25. The number of nitrogens with one attached hydrogen (secondary N) is 3. The first-order valence-electron chi connectivity index (χ1n) is 10.0. The third-order valence-corrected chi connectivity index (χ3v) is 5.25. The molecule has 0 aliphatic carbocycles. The van der Waals surface area contributed by atoms with E-state index in [4.69, 9.17) is 10.5 Å². The van der Waals surface area contributed by atoms with Gasteiger partial charge in [-0.1, -0.05) is 0 Å². The Morgan fingerprint density at radius 2 is 1.97 bits per heavy atom. The highest BCUT2D eigenvalue weighted by Gasteiger charge is 2.19. The molecule has 4 rings (SSSR count). The van der Waals surface area contributed by atoms with Crippen molar-refractivity contribution < 1.29 is 14.3 Å². The molecule has 1 aliphatic rings. The number of carbonyl (C=O) groups is 2. The van der Waals surface area contributed by atoms with Crippen molar-refractivity contribution in [1.82, 2.24) is 15.0 Å². The zero-order valence-corrected chi connectivity index (χ0v) is 17.5. The lowest BCUT2D eigenvalue weighted by Crippen LogP contribution is -2.38. The van der Waals surface area contributed by atoms with Gasteiger partial charge in [0.1, 0.15) is 11.5 Å². The van der Waals surface area contributed by atoms with E-state index in [1.54, 1.807) is 0 Å². The third-order valence-electron chi connectivity index (χ3n) is 5.25. The predicted octanol–water partition coefficient (Wildman–Crippen LogP) is 1.56. The fourth-order valence-electron chi connectivity index (χ4n) is 3.46. The quantitative estimate of drug-likeness (QED) is 0.472. The molecule has 5 N–H and O–H groups in total. The van der Waals surface area contributed by atoms with Crippen molar-refractivity contribution in [3.63, 3.8) is 0 Å². The number of aryl methyl sites for hydroxylation is 2. The summed E-state index contributed by atoms with van der Waals surface area (Å²) in [5, 5.41) is 6.80. The average Bonchev–Trinajstić information content (AvgIpc) is 3.06. The highest BCUT2D eigenvalue weighted by atomic mass is 16.5. The summed E-state index contributed by atoms with van der Waals surface area (Å²) in [5.41, 5.74) is 9.33. The maximum absolute atomic E-state index is 13.0. The van der Waals surface area contributed by atoms with Gasteiger partial charge < -0.3 is 31.0 Å². The number of benzene rings is 1. The minimum atomic E-state index is -0.525. The summed E-state index contributed by atoms with van der Waals surface area (Å²) in [6, 6.07) is 7.21. The summed E-state index contributed by atoms with van der Waals surface area (Å²) >= 11 is 0. The number of amides is 2. The summed E-state index contributed by atoms with van der Waals surface area (Å²) in [4.78, 5) is 38.3. The lowest BCUT2D eigenvalue weighted by atomic mass is 10.1. The van der Waals surface area contributed by atoms with Crippen LogP contribution in [0.3, 0.4) is 0 Å². The van der Waals surface area contributed by atoms with Crippen molar-refractivity contribution in [2.24, 2.45) is 5.73 Å². The van der Waals surface area contributed by atoms with Gasteiger partial charge in [-0.05, 0) is 37.6 Å². The topological polar surface area (TPSA) is 138 Å². The molecule has 0 unspecified atom stereocenters. The van der Waals surface area contributed by atoms with Crippen LogP contribution in [0.4, 0.5) is 17.5 Å². The standard InChI is InChI=1S/C21H25N7O3/c1-12-13(2)24-16-4-3-14(9-15(12)16)25-20(30)17-10-19(23-11-18(22)29)27-21(26-17)28-5-7-31-8-6-28/h3-4,9-10,24H,5-8,11H2,1-2H3,(H2,22,29)(H,25,30)(H,23,26,27). The summed E-state index contributed by atoms with van der Waals surface area (Å²) in [6.45, 7) is 6.30. The van der Waals surface area contributed by atoms with Gasteiger partial charge in [-0.3, -0.25) is 9.59 Å². The van der Waals surface area contributed by atoms with E-state index in [0.717, 1.165) is 22.2 Å². The molecule has 1 fully saturated rings. The number of aromatic nitrogens is 3. The molecule has 10 nitrogen and oxygen atoms in total. The second-order valence-electron chi connectivity index (χ2n) is 7.45. The number of hydrogen-bond donors (Lipinski definition) is 4. The first-order chi connectivity index (χ1) is 14.9. The molecule has 2 aromatic heterocycles. The Labute approximate surface area is 179 Å². The molecule has 0 bridgehead atoms. The Bertz CT molecular complexity index is 1140. The Kier molecular flexibility index (Phi) is 5.72. The molecule has 1 saturated heterocycles. The van der Waals surface area contributed by atoms with Crippen LogP contribution >= 0.6 is 0 Å². The molecule has 162 valence electrons. The van der Waals surface area contributed by atoms with E-state index in [0.29, 0.717) is 43.8 Å². The van der Waals surface area contributed by atoms with Crippen LogP contribution in [0.1, 0.15) is 21.7 Å². The number of hydrogen-bond acceptors (Lipinski definition) is 7. The molecule has 0 atom stereocenters. The number of ether oxygens (including phenoxy) is 1. The molecule has 1 aromatic carbocycles.